The Morgan fingerprint density at radius 2 is 1.92 bits per heavy atom. The highest BCUT2D eigenvalue weighted by Gasteiger charge is 2.50. The van der Waals surface area contributed by atoms with Crippen LogP contribution < -0.4 is 0 Å². The number of carbonyl (C=O) groups excluding carboxylic acids is 1. The van der Waals surface area contributed by atoms with E-state index in [-0.39, 0.29) is 17.9 Å². The van der Waals surface area contributed by atoms with Gasteiger partial charge in [0.2, 0.25) is 5.95 Å². The van der Waals surface area contributed by atoms with Crippen LogP contribution in [0.1, 0.15) is 48.0 Å². The Hall–Kier alpha value is -2.27. The third-order valence-electron chi connectivity index (χ3n) is 5.99. The summed E-state index contributed by atoms with van der Waals surface area (Å²) in [5.41, 5.74) is 0.442. The number of aromatic nitrogens is 1. The van der Waals surface area contributed by atoms with Crippen molar-refractivity contribution in [2.24, 2.45) is 5.92 Å². The molecular formula is C21H23FN2O2. The summed E-state index contributed by atoms with van der Waals surface area (Å²) in [6, 6.07) is 12.5. The first kappa shape index (κ1) is 17.2. The minimum absolute atomic E-state index is 0.000240. The lowest BCUT2D eigenvalue weighted by molar-refractivity contribution is -0.110. The molecule has 5 heteroatoms. The number of rotatable bonds is 2. The van der Waals surface area contributed by atoms with Gasteiger partial charge >= 0.3 is 0 Å². The molecule has 1 saturated heterocycles. The predicted molar refractivity (Wildman–Crippen MR) is 95.9 cm³/mol. The highest BCUT2D eigenvalue weighted by molar-refractivity contribution is 5.94. The van der Waals surface area contributed by atoms with Crippen molar-refractivity contribution in [3.8, 4) is 0 Å². The fraction of sp³-hybridized carbons (Fsp3) is 0.429. The van der Waals surface area contributed by atoms with Crippen molar-refractivity contribution in [3.63, 3.8) is 0 Å². The second kappa shape index (κ2) is 6.80. The summed E-state index contributed by atoms with van der Waals surface area (Å²) in [6.07, 6.45) is 5.72. The van der Waals surface area contributed by atoms with E-state index in [1.165, 1.54) is 18.3 Å². The van der Waals surface area contributed by atoms with Gasteiger partial charge in [-0.1, -0.05) is 43.2 Å². The largest absolute Gasteiger partial charge is 0.385 e. The maximum atomic E-state index is 13.1. The van der Waals surface area contributed by atoms with Crippen molar-refractivity contribution in [2.75, 3.05) is 6.54 Å². The third kappa shape index (κ3) is 2.90. The SMILES string of the molecule is O=C(c1ccc(F)nc1)N1CCC(O)(c2ccccc2)[C@H]2CCCC[C@H]21. The van der Waals surface area contributed by atoms with Gasteiger partial charge in [-0.2, -0.15) is 4.39 Å². The molecule has 2 fully saturated rings. The number of amides is 1. The maximum absolute atomic E-state index is 13.1. The van der Waals surface area contributed by atoms with Crippen LogP contribution in [0.4, 0.5) is 4.39 Å². The zero-order valence-corrected chi connectivity index (χ0v) is 14.6. The smallest absolute Gasteiger partial charge is 0.255 e. The molecule has 0 bridgehead atoms. The lowest BCUT2D eigenvalue weighted by atomic mass is 9.66. The highest BCUT2D eigenvalue weighted by Crippen LogP contribution is 2.47. The number of fused-ring (bicyclic) bond motifs is 1. The monoisotopic (exact) mass is 354 g/mol. The summed E-state index contributed by atoms with van der Waals surface area (Å²) >= 11 is 0. The first-order valence-corrected chi connectivity index (χ1v) is 9.30. The quantitative estimate of drug-likeness (QED) is 0.840. The topological polar surface area (TPSA) is 53.4 Å². The average Bonchev–Trinajstić information content (AvgIpc) is 2.69. The average molecular weight is 354 g/mol. The molecule has 2 aliphatic rings. The number of nitrogens with zero attached hydrogens (tertiary/aromatic N) is 2. The molecule has 1 aromatic carbocycles. The number of benzene rings is 1. The summed E-state index contributed by atoms with van der Waals surface area (Å²) in [4.78, 5) is 18.5. The second-order valence-corrected chi connectivity index (χ2v) is 7.37. The number of hydrogen-bond donors (Lipinski definition) is 1. The summed E-state index contributed by atoms with van der Waals surface area (Å²) in [7, 11) is 0. The second-order valence-electron chi connectivity index (χ2n) is 7.37. The van der Waals surface area contributed by atoms with Crippen LogP contribution in [-0.4, -0.2) is 33.5 Å². The predicted octanol–water partition coefficient (Wildman–Crippen LogP) is 3.51. The van der Waals surface area contributed by atoms with Crippen molar-refractivity contribution in [1.82, 2.24) is 9.88 Å². The minimum atomic E-state index is -0.899. The van der Waals surface area contributed by atoms with Crippen LogP contribution >= 0.6 is 0 Å². The van der Waals surface area contributed by atoms with Crippen LogP contribution in [-0.2, 0) is 5.60 Å². The zero-order chi connectivity index (χ0) is 18.1. The van der Waals surface area contributed by atoms with Gasteiger partial charge in [0.25, 0.3) is 5.91 Å². The van der Waals surface area contributed by atoms with Crippen LogP contribution in [0.25, 0.3) is 0 Å². The van der Waals surface area contributed by atoms with Gasteiger partial charge < -0.3 is 10.0 Å². The fourth-order valence-corrected chi connectivity index (χ4v) is 4.69. The standard InChI is InChI=1S/C21H23FN2O2/c22-19-11-10-15(14-23-19)20(25)24-13-12-21(26,16-6-2-1-3-7-16)17-8-4-5-9-18(17)24/h1-3,6-7,10-11,14,17-18,26H,4-5,8-9,12-13H2/t17-,18+,21?/m0/s1. The highest BCUT2D eigenvalue weighted by atomic mass is 19.1. The van der Waals surface area contributed by atoms with Gasteiger partial charge in [-0.25, -0.2) is 4.98 Å². The molecule has 1 amide bonds. The van der Waals surface area contributed by atoms with Crippen LogP contribution in [0.3, 0.4) is 0 Å². The summed E-state index contributed by atoms with van der Waals surface area (Å²) in [5, 5.41) is 11.5. The van der Waals surface area contributed by atoms with E-state index in [0.717, 1.165) is 31.2 Å². The van der Waals surface area contributed by atoms with E-state index in [1.807, 2.05) is 35.2 Å². The van der Waals surface area contributed by atoms with Crippen LogP contribution in [0, 0.1) is 11.9 Å². The van der Waals surface area contributed by atoms with Gasteiger partial charge in [0.1, 0.15) is 0 Å². The van der Waals surface area contributed by atoms with Gasteiger partial charge in [-0.3, -0.25) is 4.79 Å². The molecule has 1 aromatic heterocycles. The van der Waals surface area contributed by atoms with Gasteiger partial charge in [-0.15, -0.1) is 0 Å². The Morgan fingerprint density at radius 3 is 2.65 bits per heavy atom. The molecule has 136 valence electrons. The van der Waals surface area contributed by atoms with E-state index in [0.29, 0.717) is 18.5 Å². The lowest BCUT2D eigenvalue weighted by Gasteiger charge is -2.52. The molecule has 26 heavy (non-hydrogen) atoms. The lowest BCUT2D eigenvalue weighted by Crippen LogP contribution is -2.59. The number of piperidine rings is 1. The molecule has 1 N–H and O–H groups in total. The fourth-order valence-electron chi connectivity index (χ4n) is 4.69. The van der Waals surface area contributed by atoms with E-state index in [9.17, 15) is 14.3 Å². The Bertz CT molecular complexity index is 780. The number of carbonyl (C=O) groups is 1. The third-order valence-corrected chi connectivity index (χ3v) is 5.99. The van der Waals surface area contributed by atoms with Gasteiger partial charge in [-0.05, 0) is 37.0 Å². The van der Waals surface area contributed by atoms with Gasteiger partial charge in [0, 0.05) is 24.7 Å². The number of halogens is 1. The number of pyridine rings is 1. The number of hydrogen-bond acceptors (Lipinski definition) is 3. The van der Waals surface area contributed by atoms with E-state index in [4.69, 9.17) is 0 Å². The Labute approximate surface area is 152 Å². The Morgan fingerprint density at radius 1 is 1.15 bits per heavy atom. The first-order valence-electron chi connectivity index (χ1n) is 9.30. The molecule has 1 saturated carbocycles. The molecular weight excluding hydrogens is 331 g/mol. The first-order chi connectivity index (χ1) is 12.6. The van der Waals surface area contributed by atoms with Gasteiger partial charge in [0.05, 0.1) is 11.2 Å². The number of likely N-dealkylation sites (tertiary alicyclic amines) is 1. The summed E-state index contributed by atoms with van der Waals surface area (Å²) in [6.45, 7) is 0.489. The molecule has 2 heterocycles. The molecule has 0 spiro atoms. The number of aliphatic hydroxyl groups is 1. The van der Waals surface area contributed by atoms with E-state index in [1.54, 1.807) is 0 Å². The molecule has 1 aliphatic carbocycles. The van der Waals surface area contributed by atoms with Crippen molar-refractivity contribution in [2.45, 2.75) is 43.7 Å². The van der Waals surface area contributed by atoms with Crippen LogP contribution in [0.2, 0.25) is 0 Å². The van der Waals surface area contributed by atoms with Crippen molar-refractivity contribution >= 4 is 5.91 Å². The summed E-state index contributed by atoms with van der Waals surface area (Å²) in [5.74, 6) is -0.691. The molecule has 0 radical (unpaired) electrons. The zero-order valence-electron chi connectivity index (χ0n) is 14.6. The van der Waals surface area contributed by atoms with Gasteiger partial charge in [0.15, 0.2) is 0 Å². The van der Waals surface area contributed by atoms with Crippen LogP contribution in [0.5, 0.6) is 0 Å². The van der Waals surface area contributed by atoms with E-state index < -0.39 is 11.5 Å². The normalized spacial score (nSPS) is 28.5. The van der Waals surface area contributed by atoms with Crippen molar-refractivity contribution in [1.29, 1.82) is 0 Å². The molecule has 4 nitrogen and oxygen atoms in total. The molecule has 1 aliphatic heterocycles. The molecule has 4 rings (SSSR count). The van der Waals surface area contributed by atoms with Crippen molar-refractivity contribution in [3.05, 3.63) is 65.7 Å². The Kier molecular flexibility index (Phi) is 4.49. The Balaban J connectivity index is 1.64. The summed E-state index contributed by atoms with van der Waals surface area (Å²) < 4.78 is 13.1. The minimum Gasteiger partial charge on any atom is -0.385 e. The molecule has 3 atom stereocenters. The van der Waals surface area contributed by atoms with Crippen LogP contribution in [0.15, 0.2) is 48.7 Å². The molecule has 2 aromatic rings. The van der Waals surface area contributed by atoms with Crippen molar-refractivity contribution < 1.29 is 14.3 Å². The molecule has 1 unspecified atom stereocenters. The maximum Gasteiger partial charge on any atom is 0.255 e. The van der Waals surface area contributed by atoms with E-state index >= 15 is 0 Å². The van der Waals surface area contributed by atoms with E-state index in [2.05, 4.69) is 4.98 Å².